The number of hydrogen-bond acceptors (Lipinski definition) is 3. The van der Waals surface area contributed by atoms with Crippen molar-refractivity contribution < 1.29 is 9.69 Å². The van der Waals surface area contributed by atoms with E-state index < -0.39 is 0 Å². The molecule has 0 aliphatic carbocycles. The normalized spacial score (nSPS) is 16.4. The van der Waals surface area contributed by atoms with Crippen LogP contribution in [0.5, 0.6) is 0 Å². The second kappa shape index (κ2) is 7.32. The summed E-state index contributed by atoms with van der Waals surface area (Å²) < 4.78 is 0. The first kappa shape index (κ1) is 17.4. The number of rotatable bonds is 3. The highest BCUT2D eigenvalue weighted by molar-refractivity contribution is 5.94. The zero-order valence-electron chi connectivity index (χ0n) is 15.3. The molecular formula is C21H23N4O2+. The van der Waals surface area contributed by atoms with E-state index in [0.717, 1.165) is 24.2 Å². The van der Waals surface area contributed by atoms with Crippen molar-refractivity contribution >= 4 is 16.8 Å². The summed E-state index contributed by atoms with van der Waals surface area (Å²) in [6.45, 7) is 5.14. The largest absolute Gasteiger partial charge is 0.327 e. The van der Waals surface area contributed by atoms with Gasteiger partial charge in [0.15, 0.2) is 5.82 Å². The van der Waals surface area contributed by atoms with E-state index in [1.54, 1.807) is 6.07 Å². The van der Waals surface area contributed by atoms with Crippen LogP contribution in [0.15, 0.2) is 59.4 Å². The van der Waals surface area contributed by atoms with Gasteiger partial charge >= 0.3 is 0 Å². The van der Waals surface area contributed by atoms with Gasteiger partial charge in [-0.25, -0.2) is 4.98 Å². The fourth-order valence-corrected chi connectivity index (χ4v) is 3.70. The van der Waals surface area contributed by atoms with Crippen molar-refractivity contribution in [3.05, 3.63) is 76.3 Å². The Bertz CT molecular complexity index is 1010. The number of hydrogen-bond donors (Lipinski definition) is 2. The minimum Gasteiger partial charge on any atom is -0.327 e. The minimum absolute atomic E-state index is 0.0660. The molecule has 1 amide bonds. The maximum atomic E-state index is 12.6. The summed E-state index contributed by atoms with van der Waals surface area (Å²) in [5, 5.41) is 0.613. The number of benzene rings is 2. The van der Waals surface area contributed by atoms with Gasteiger partial charge in [-0.3, -0.25) is 9.59 Å². The van der Waals surface area contributed by atoms with Crippen LogP contribution in [0.2, 0.25) is 0 Å². The number of H-pyrrole nitrogens is 1. The molecule has 138 valence electrons. The lowest BCUT2D eigenvalue weighted by atomic mass is 10.1. The number of amides is 1. The molecule has 2 heterocycles. The van der Waals surface area contributed by atoms with Crippen LogP contribution in [0, 0.1) is 0 Å². The molecule has 6 nitrogen and oxygen atoms in total. The molecule has 2 aromatic carbocycles. The van der Waals surface area contributed by atoms with Crippen LogP contribution in [0.25, 0.3) is 10.9 Å². The standard InChI is InChI=1S/C21H22N4O2/c1-15(19-22-18-10-6-5-9-17(18)20(26)23-19)24-11-13-25(14-12-24)21(27)16-7-3-2-4-8-16/h2-10,15H,11-14H2,1H3,(H,22,23,26)/p+1/t15-/m0/s1. The molecular weight excluding hydrogens is 340 g/mol. The Balaban J connectivity index is 1.47. The number of para-hydroxylation sites is 1. The van der Waals surface area contributed by atoms with E-state index in [4.69, 9.17) is 0 Å². The van der Waals surface area contributed by atoms with Gasteiger partial charge in [0.25, 0.3) is 11.5 Å². The molecule has 0 saturated carbocycles. The predicted molar refractivity (Wildman–Crippen MR) is 104 cm³/mol. The summed E-state index contributed by atoms with van der Waals surface area (Å²) in [5.74, 6) is 0.788. The SMILES string of the molecule is C[C@@H](c1nc2ccccc2c(=O)[nH]1)[NH+]1CCN(C(=O)c2ccccc2)CC1. The molecule has 1 aliphatic rings. The van der Waals surface area contributed by atoms with Crippen molar-refractivity contribution in [1.29, 1.82) is 0 Å². The number of nitrogens with one attached hydrogen (secondary N) is 2. The Kier molecular flexibility index (Phi) is 4.73. The number of quaternary nitrogens is 1. The molecule has 1 saturated heterocycles. The Morgan fingerprint density at radius 1 is 1.07 bits per heavy atom. The first-order valence-electron chi connectivity index (χ1n) is 9.31. The fraction of sp³-hybridized carbons (Fsp3) is 0.286. The van der Waals surface area contributed by atoms with Crippen molar-refractivity contribution in [2.75, 3.05) is 26.2 Å². The van der Waals surface area contributed by atoms with Crippen LogP contribution in [0.1, 0.15) is 29.1 Å². The molecule has 27 heavy (non-hydrogen) atoms. The summed E-state index contributed by atoms with van der Waals surface area (Å²) in [7, 11) is 0. The Morgan fingerprint density at radius 2 is 1.74 bits per heavy atom. The topological polar surface area (TPSA) is 70.5 Å². The molecule has 4 rings (SSSR count). The van der Waals surface area contributed by atoms with Gasteiger partial charge in [-0.2, -0.15) is 0 Å². The van der Waals surface area contributed by atoms with Gasteiger partial charge in [0, 0.05) is 5.56 Å². The van der Waals surface area contributed by atoms with Gasteiger partial charge in [0.1, 0.15) is 6.04 Å². The highest BCUT2D eigenvalue weighted by Crippen LogP contribution is 2.10. The van der Waals surface area contributed by atoms with Crippen molar-refractivity contribution in [2.24, 2.45) is 0 Å². The average molecular weight is 363 g/mol. The smallest absolute Gasteiger partial charge is 0.258 e. The van der Waals surface area contributed by atoms with E-state index in [2.05, 4.69) is 16.9 Å². The maximum absolute atomic E-state index is 12.6. The molecule has 0 radical (unpaired) electrons. The molecule has 3 aromatic rings. The Labute approximate surface area is 157 Å². The number of aromatic amines is 1. The number of fused-ring (bicyclic) bond motifs is 1. The van der Waals surface area contributed by atoms with Crippen LogP contribution in [0.4, 0.5) is 0 Å². The van der Waals surface area contributed by atoms with E-state index in [0.29, 0.717) is 24.3 Å². The summed E-state index contributed by atoms with van der Waals surface area (Å²) in [4.78, 5) is 35.7. The van der Waals surface area contributed by atoms with E-state index in [-0.39, 0.29) is 17.5 Å². The molecule has 0 bridgehead atoms. The van der Waals surface area contributed by atoms with E-state index >= 15 is 0 Å². The van der Waals surface area contributed by atoms with Gasteiger partial charge < -0.3 is 14.8 Å². The van der Waals surface area contributed by atoms with E-state index in [9.17, 15) is 9.59 Å². The van der Waals surface area contributed by atoms with Gasteiger partial charge in [0.2, 0.25) is 0 Å². The lowest BCUT2D eigenvalue weighted by molar-refractivity contribution is -0.934. The molecule has 0 spiro atoms. The third kappa shape index (κ3) is 3.48. The minimum atomic E-state index is -0.0975. The molecule has 1 fully saturated rings. The Hall–Kier alpha value is -2.99. The number of carbonyl (C=O) groups excluding carboxylic acids is 1. The van der Waals surface area contributed by atoms with Crippen LogP contribution in [0.3, 0.4) is 0 Å². The molecule has 6 heteroatoms. The third-order valence-corrected chi connectivity index (χ3v) is 5.37. The van der Waals surface area contributed by atoms with Gasteiger partial charge in [-0.05, 0) is 31.2 Å². The molecule has 0 unspecified atom stereocenters. The zero-order valence-corrected chi connectivity index (χ0v) is 15.3. The summed E-state index contributed by atoms with van der Waals surface area (Å²) in [5.41, 5.74) is 1.36. The molecule has 1 atom stereocenters. The van der Waals surface area contributed by atoms with E-state index in [1.165, 1.54) is 4.90 Å². The maximum Gasteiger partial charge on any atom is 0.258 e. The lowest BCUT2D eigenvalue weighted by Gasteiger charge is -2.35. The summed E-state index contributed by atoms with van der Waals surface area (Å²) >= 11 is 0. The second-order valence-electron chi connectivity index (χ2n) is 7.01. The van der Waals surface area contributed by atoms with Gasteiger partial charge in [-0.1, -0.05) is 30.3 Å². The average Bonchev–Trinajstić information content (AvgIpc) is 2.73. The molecule has 1 aliphatic heterocycles. The van der Waals surface area contributed by atoms with Crippen molar-refractivity contribution in [3.63, 3.8) is 0 Å². The number of piperazine rings is 1. The first-order valence-corrected chi connectivity index (χ1v) is 9.31. The number of aromatic nitrogens is 2. The summed E-state index contributed by atoms with van der Waals surface area (Å²) in [6.07, 6.45) is 0. The molecule has 1 aromatic heterocycles. The third-order valence-electron chi connectivity index (χ3n) is 5.37. The first-order chi connectivity index (χ1) is 13.1. The lowest BCUT2D eigenvalue weighted by Crippen LogP contribution is -3.14. The van der Waals surface area contributed by atoms with Gasteiger partial charge in [-0.15, -0.1) is 0 Å². The highest BCUT2D eigenvalue weighted by Gasteiger charge is 2.29. The van der Waals surface area contributed by atoms with Crippen molar-refractivity contribution in [1.82, 2.24) is 14.9 Å². The predicted octanol–water partition coefficient (Wildman–Crippen LogP) is 1.03. The second-order valence-corrected chi connectivity index (χ2v) is 7.01. The molecule has 2 N–H and O–H groups in total. The van der Waals surface area contributed by atoms with E-state index in [1.807, 2.05) is 53.4 Å². The number of carbonyl (C=O) groups is 1. The van der Waals surface area contributed by atoms with Crippen LogP contribution < -0.4 is 10.5 Å². The quantitative estimate of drug-likeness (QED) is 0.730. The van der Waals surface area contributed by atoms with Crippen molar-refractivity contribution in [3.8, 4) is 0 Å². The van der Waals surface area contributed by atoms with Crippen LogP contribution in [-0.4, -0.2) is 47.0 Å². The van der Waals surface area contributed by atoms with Crippen molar-refractivity contribution in [2.45, 2.75) is 13.0 Å². The highest BCUT2D eigenvalue weighted by atomic mass is 16.2. The van der Waals surface area contributed by atoms with Gasteiger partial charge in [0.05, 0.1) is 37.1 Å². The van der Waals surface area contributed by atoms with Crippen LogP contribution >= 0.6 is 0 Å². The fourth-order valence-electron chi connectivity index (χ4n) is 3.70. The number of nitrogens with zero attached hydrogens (tertiary/aromatic N) is 2. The summed E-state index contributed by atoms with van der Waals surface area (Å²) in [6, 6.07) is 16.9. The monoisotopic (exact) mass is 363 g/mol. The zero-order chi connectivity index (χ0) is 18.8. The Morgan fingerprint density at radius 3 is 2.48 bits per heavy atom. The van der Waals surface area contributed by atoms with Crippen LogP contribution in [-0.2, 0) is 0 Å².